The summed E-state index contributed by atoms with van der Waals surface area (Å²) in [5, 5.41) is 2.67. The molecule has 26 heavy (non-hydrogen) atoms. The monoisotopic (exact) mass is 343 g/mol. The SMILES string of the molecule is O=Cc1cccc(NC(=O)OCC2c3ccccc3-c3ccccc32)c1. The molecule has 0 heterocycles. The number of rotatable bonds is 4. The van der Waals surface area contributed by atoms with Gasteiger partial charge in [-0.25, -0.2) is 4.79 Å². The van der Waals surface area contributed by atoms with Crippen LogP contribution < -0.4 is 5.32 Å². The van der Waals surface area contributed by atoms with Crippen molar-refractivity contribution in [2.75, 3.05) is 11.9 Å². The number of carbonyl (C=O) groups excluding carboxylic acids is 2. The van der Waals surface area contributed by atoms with Gasteiger partial charge in [0.2, 0.25) is 0 Å². The van der Waals surface area contributed by atoms with Gasteiger partial charge in [-0.05, 0) is 34.4 Å². The molecule has 0 spiro atoms. The van der Waals surface area contributed by atoms with E-state index >= 15 is 0 Å². The molecule has 4 heteroatoms. The predicted molar refractivity (Wildman–Crippen MR) is 101 cm³/mol. The maximum atomic E-state index is 12.2. The molecule has 4 nitrogen and oxygen atoms in total. The smallest absolute Gasteiger partial charge is 0.411 e. The molecule has 0 saturated heterocycles. The quantitative estimate of drug-likeness (QED) is 0.688. The highest BCUT2D eigenvalue weighted by Gasteiger charge is 2.28. The number of hydrogen-bond donors (Lipinski definition) is 1. The van der Waals surface area contributed by atoms with E-state index < -0.39 is 6.09 Å². The Morgan fingerprint density at radius 3 is 2.23 bits per heavy atom. The van der Waals surface area contributed by atoms with Crippen LogP contribution in [0.1, 0.15) is 27.4 Å². The Morgan fingerprint density at radius 2 is 1.58 bits per heavy atom. The minimum atomic E-state index is -0.532. The van der Waals surface area contributed by atoms with Crippen LogP contribution in [0.5, 0.6) is 0 Å². The number of nitrogens with one attached hydrogen (secondary N) is 1. The predicted octanol–water partition coefficient (Wildman–Crippen LogP) is 4.86. The zero-order chi connectivity index (χ0) is 17.9. The number of ether oxygens (including phenoxy) is 1. The molecule has 0 bridgehead atoms. The Balaban J connectivity index is 1.49. The molecule has 0 aromatic heterocycles. The first-order valence-corrected chi connectivity index (χ1v) is 8.43. The van der Waals surface area contributed by atoms with Crippen LogP contribution in [0.4, 0.5) is 10.5 Å². The van der Waals surface area contributed by atoms with Crippen molar-refractivity contribution in [3.8, 4) is 11.1 Å². The Labute approximate surface area is 151 Å². The van der Waals surface area contributed by atoms with Gasteiger partial charge in [-0.3, -0.25) is 10.1 Å². The van der Waals surface area contributed by atoms with Crippen molar-refractivity contribution in [1.82, 2.24) is 0 Å². The second-order valence-corrected chi connectivity index (χ2v) is 6.19. The molecule has 3 aromatic rings. The van der Waals surface area contributed by atoms with E-state index in [9.17, 15) is 9.59 Å². The molecule has 4 rings (SSSR count). The summed E-state index contributed by atoms with van der Waals surface area (Å²) in [4.78, 5) is 23.0. The molecule has 0 unspecified atom stereocenters. The second-order valence-electron chi connectivity index (χ2n) is 6.19. The van der Waals surface area contributed by atoms with Crippen LogP contribution in [-0.4, -0.2) is 19.0 Å². The lowest BCUT2D eigenvalue weighted by Gasteiger charge is -2.14. The average Bonchev–Trinajstić information content (AvgIpc) is 3.00. The topological polar surface area (TPSA) is 55.4 Å². The van der Waals surface area contributed by atoms with Gasteiger partial charge in [0.1, 0.15) is 12.9 Å². The third kappa shape index (κ3) is 2.97. The van der Waals surface area contributed by atoms with Gasteiger partial charge < -0.3 is 4.74 Å². The number of benzene rings is 3. The highest BCUT2D eigenvalue weighted by atomic mass is 16.5. The van der Waals surface area contributed by atoms with E-state index in [-0.39, 0.29) is 12.5 Å². The van der Waals surface area contributed by atoms with E-state index in [4.69, 9.17) is 4.74 Å². The molecule has 0 saturated carbocycles. The van der Waals surface area contributed by atoms with Crippen molar-refractivity contribution in [2.24, 2.45) is 0 Å². The van der Waals surface area contributed by atoms with Gasteiger partial charge in [0.15, 0.2) is 0 Å². The first-order chi connectivity index (χ1) is 12.8. The van der Waals surface area contributed by atoms with Crippen LogP contribution in [0.3, 0.4) is 0 Å². The van der Waals surface area contributed by atoms with Crippen molar-refractivity contribution in [1.29, 1.82) is 0 Å². The van der Waals surface area contributed by atoms with E-state index in [1.54, 1.807) is 24.3 Å². The fraction of sp³-hybridized carbons (Fsp3) is 0.0909. The third-order valence-corrected chi connectivity index (χ3v) is 4.61. The molecule has 0 radical (unpaired) electrons. The zero-order valence-electron chi connectivity index (χ0n) is 14.0. The number of fused-ring (bicyclic) bond motifs is 3. The lowest BCUT2D eigenvalue weighted by molar-refractivity contribution is 0.112. The van der Waals surface area contributed by atoms with Crippen LogP contribution in [0.2, 0.25) is 0 Å². The lowest BCUT2D eigenvalue weighted by Crippen LogP contribution is -2.17. The number of carbonyl (C=O) groups is 2. The molecule has 0 atom stereocenters. The van der Waals surface area contributed by atoms with Crippen molar-refractivity contribution >= 4 is 18.1 Å². The first kappa shape index (κ1) is 16.1. The summed E-state index contributed by atoms with van der Waals surface area (Å²) >= 11 is 0. The van der Waals surface area contributed by atoms with Crippen molar-refractivity contribution < 1.29 is 14.3 Å². The highest BCUT2D eigenvalue weighted by molar-refractivity contribution is 5.87. The standard InChI is InChI=1S/C22H17NO3/c24-13-15-6-5-7-16(12-15)23-22(25)26-14-21-19-10-3-1-8-17(19)18-9-2-4-11-20(18)21/h1-13,21H,14H2,(H,23,25). The summed E-state index contributed by atoms with van der Waals surface area (Å²) in [5.41, 5.74) is 5.76. The van der Waals surface area contributed by atoms with Gasteiger partial charge >= 0.3 is 6.09 Å². The van der Waals surface area contributed by atoms with Crippen LogP contribution in [0.15, 0.2) is 72.8 Å². The Hall–Kier alpha value is -3.40. The molecule has 3 aromatic carbocycles. The first-order valence-electron chi connectivity index (χ1n) is 8.43. The fourth-order valence-electron chi connectivity index (χ4n) is 3.44. The minimum absolute atomic E-state index is 0.0226. The summed E-state index contributed by atoms with van der Waals surface area (Å²) in [6, 6.07) is 23.1. The minimum Gasteiger partial charge on any atom is -0.448 e. The summed E-state index contributed by atoms with van der Waals surface area (Å²) in [6.07, 6.45) is 0.207. The van der Waals surface area contributed by atoms with Gasteiger partial charge in [-0.1, -0.05) is 60.7 Å². The fourth-order valence-corrected chi connectivity index (χ4v) is 3.44. The van der Waals surface area contributed by atoms with E-state index in [2.05, 4.69) is 29.6 Å². The van der Waals surface area contributed by atoms with E-state index in [0.29, 0.717) is 11.3 Å². The van der Waals surface area contributed by atoms with Crippen molar-refractivity contribution in [2.45, 2.75) is 5.92 Å². The van der Waals surface area contributed by atoms with Gasteiger partial charge in [0, 0.05) is 17.2 Å². The maximum absolute atomic E-state index is 12.2. The molecule has 1 amide bonds. The van der Waals surface area contributed by atoms with Crippen molar-refractivity contribution in [3.63, 3.8) is 0 Å². The summed E-state index contributed by atoms with van der Waals surface area (Å²) in [5.74, 6) is 0.0226. The number of aldehydes is 1. The molecule has 0 fully saturated rings. The second kappa shape index (κ2) is 6.84. The molecular weight excluding hydrogens is 326 g/mol. The van der Waals surface area contributed by atoms with Gasteiger partial charge in [0.05, 0.1) is 0 Å². The van der Waals surface area contributed by atoms with Crippen LogP contribution in [0.25, 0.3) is 11.1 Å². The normalized spacial score (nSPS) is 12.2. The zero-order valence-corrected chi connectivity index (χ0v) is 14.0. The maximum Gasteiger partial charge on any atom is 0.411 e. The van der Waals surface area contributed by atoms with E-state index in [0.717, 1.165) is 6.29 Å². The summed E-state index contributed by atoms with van der Waals surface area (Å²) in [7, 11) is 0. The van der Waals surface area contributed by atoms with Crippen LogP contribution in [0, 0.1) is 0 Å². The largest absolute Gasteiger partial charge is 0.448 e. The van der Waals surface area contributed by atoms with Gasteiger partial charge in [-0.15, -0.1) is 0 Å². The summed E-state index contributed by atoms with van der Waals surface area (Å²) in [6.45, 7) is 0.257. The summed E-state index contributed by atoms with van der Waals surface area (Å²) < 4.78 is 5.48. The van der Waals surface area contributed by atoms with E-state index in [1.165, 1.54) is 22.3 Å². The molecular formula is C22H17NO3. The molecule has 1 aliphatic rings. The Kier molecular flexibility index (Phi) is 4.23. The van der Waals surface area contributed by atoms with Gasteiger partial charge in [0.25, 0.3) is 0 Å². The number of anilines is 1. The molecule has 1 aliphatic carbocycles. The van der Waals surface area contributed by atoms with Crippen LogP contribution >= 0.6 is 0 Å². The molecule has 128 valence electrons. The highest BCUT2D eigenvalue weighted by Crippen LogP contribution is 2.44. The third-order valence-electron chi connectivity index (χ3n) is 4.61. The van der Waals surface area contributed by atoms with Crippen molar-refractivity contribution in [3.05, 3.63) is 89.5 Å². The van der Waals surface area contributed by atoms with E-state index in [1.807, 2.05) is 24.3 Å². The Bertz CT molecular complexity index is 935. The number of amides is 1. The number of hydrogen-bond acceptors (Lipinski definition) is 3. The molecule has 0 aliphatic heterocycles. The average molecular weight is 343 g/mol. The van der Waals surface area contributed by atoms with Crippen LogP contribution in [-0.2, 0) is 4.74 Å². The van der Waals surface area contributed by atoms with Gasteiger partial charge in [-0.2, -0.15) is 0 Å². The molecule has 1 N–H and O–H groups in total. The Morgan fingerprint density at radius 1 is 0.923 bits per heavy atom. The lowest BCUT2D eigenvalue weighted by atomic mass is 9.98.